The van der Waals surface area contributed by atoms with E-state index in [-0.39, 0.29) is 44.0 Å². The number of benzene rings is 1. The van der Waals surface area contributed by atoms with Crippen molar-refractivity contribution >= 4 is 11.8 Å². The van der Waals surface area contributed by atoms with Crippen LogP contribution in [0, 0.1) is 0 Å². The van der Waals surface area contributed by atoms with Crippen LogP contribution in [-0.4, -0.2) is 4.57 Å². The van der Waals surface area contributed by atoms with E-state index in [1.807, 2.05) is 0 Å². The fourth-order valence-electron chi connectivity index (χ4n) is 3.33. The Balaban J connectivity index is 0.00000104. The maximum atomic E-state index is 2.40. The van der Waals surface area contributed by atoms with E-state index in [1.165, 1.54) is 28.8 Å². The average molecular weight is 392 g/mol. The first-order chi connectivity index (χ1) is 10.7. The molecule has 0 amide bonds. The number of hydrogen-bond donors (Lipinski definition) is 0. The molecule has 122 valence electrons. The molecule has 0 fully saturated rings. The number of allylic oxidation sites excluding steroid dienone is 5. The van der Waals surface area contributed by atoms with Crippen molar-refractivity contribution in [2.75, 3.05) is 0 Å². The van der Waals surface area contributed by atoms with Crippen molar-refractivity contribution in [1.82, 2.24) is 4.57 Å². The van der Waals surface area contributed by atoms with Gasteiger partial charge in [0.25, 0.3) is 0 Å². The minimum Gasteiger partial charge on any atom is -1.00 e. The van der Waals surface area contributed by atoms with Crippen molar-refractivity contribution in [3.05, 3.63) is 81.0 Å². The van der Waals surface area contributed by atoms with Gasteiger partial charge in [-0.1, -0.05) is 0 Å². The summed E-state index contributed by atoms with van der Waals surface area (Å²) in [5.41, 5.74) is 7.42. The molecule has 0 bridgehead atoms. The largest absolute Gasteiger partial charge is 1.00 e. The molecule has 4 rings (SSSR count). The van der Waals surface area contributed by atoms with E-state index in [2.05, 4.69) is 79.4 Å². The molecule has 1 nitrogen and oxygen atoms in total. The monoisotopic (exact) mass is 391 g/mol. The van der Waals surface area contributed by atoms with Crippen LogP contribution in [0.3, 0.4) is 0 Å². The Bertz CT molecular complexity index is 816. The molecule has 0 spiro atoms. The molecular formula is C20H19Cl2NTi. The second-order valence-electron chi connectivity index (χ2n) is 6.06. The van der Waals surface area contributed by atoms with E-state index in [0.717, 1.165) is 0 Å². The average Bonchev–Trinajstić information content (AvgIpc) is 3.23. The van der Waals surface area contributed by atoms with Crippen LogP contribution in [0.15, 0.2) is 69.9 Å². The van der Waals surface area contributed by atoms with Gasteiger partial charge in [0, 0.05) is 0 Å². The molecule has 1 heterocycles. The zero-order valence-corrected chi connectivity index (χ0v) is 16.8. The third-order valence-corrected chi connectivity index (χ3v) is 7.63. The van der Waals surface area contributed by atoms with Gasteiger partial charge in [-0.3, -0.25) is 0 Å². The molecule has 0 N–H and O–H groups in total. The van der Waals surface area contributed by atoms with Crippen LogP contribution < -0.4 is 24.8 Å². The van der Waals surface area contributed by atoms with Gasteiger partial charge in [0.05, 0.1) is 0 Å². The van der Waals surface area contributed by atoms with E-state index in [1.54, 1.807) is 9.45 Å². The summed E-state index contributed by atoms with van der Waals surface area (Å²) in [6.07, 6.45) is 10.3. The van der Waals surface area contributed by atoms with Crippen molar-refractivity contribution in [3.63, 3.8) is 0 Å². The second kappa shape index (κ2) is 7.93. The standard InChI is InChI=1S/C13H10N.C7H9.2ClH.Ti/c1-2-6-12-10-13(9-11(12)5-1)14-7-3-4-8-14;1-6-4-3-5-7(6)2;;;/h1-10H;4H,3H2,1-2H3;2*1H;/q;;;;+2/p-2. The van der Waals surface area contributed by atoms with Crippen LogP contribution in [0.4, 0.5) is 0 Å². The maximum absolute atomic E-state index is 2.40. The molecule has 2 aromatic rings. The summed E-state index contributed by atoms with van der Waals surface area (Å²) >= 11 is -0.207. The molecule has 2 aliphatic carbocycles. The first-order valence-electron chi connectivity index (χ1n) is 7.81. The van der Waals surface area contributed by atoms with Crippen LogP contribution in [0.1, 0.15) is 35.6 Å². The Morgan fingerprint density at radius 2 is 1.71 bits per heavy atom. The number of fused-ring (bicyclic) bond motifs is 1. The van der Waals surface area contributed by atoms with Gasteiger partial charge in [-0.2, -0.15) is 0 Å². The van der Waals surface area contributed by atoms with Crippen molar-refractivity contribution in [2.45, 2.75) is 24.5 Å². The first kappa shape index (κ1) is 19.3. The van der Waals surface area contributed by atoms with Gasteiger partial charge in [-0.15, -0.1) is 0 Å². The van der Waals surface area contributed by atoms with Gasteiger partial charge in [-0.25, -0.2) is 0 Å². The van der Waals surface area contributed by atoms with E-state index in [4.69, 9.17) is 0 Å². The number of rotatable bonds is 3. The second-order valence-corrected chi connectivity index (χ2v) is 8.36. The quantitative estimate of drug-likeness (QED) is 0.607. The molecule has 1 aromatic heterocycles. The van der Waals surface area contributed by atoms with Crippen LogP contribution in [0.2, 0.25) is 0 Å². The predicted octanol–water partition coefficient (Wildman–Crippen LogP) is -0.745. The van der Waals surface area contributed by atoms with E-state index >= 15 is 0 Å². The Hall–Kier alpha value is -0.986. The molecule has 0 saturated heterocycles. The summed E-state index contributed by atoms with van der Waals surface area (Å²) in [7, 11) is 0. The molecule has 0 saturated carbocycles. The van der Waals surface area contributed by atoms with E-state index in [9.17, 15) is 0 Å². The van der Waals surface area contributed by atoms with E-state index in [0.29, 0.717) is 4.22 Å². The molecule has 4 heteroatoms. The summed E-state index contributed by atoms with van der Waals surface area (Å²) in [4.78, 5) is 0. The maximum Gasteiger partial charge on any atom is -1.00 e. The predicted molar refractivity (Wildman–Crippen MR) is 88.9 cm³/mol. The molecule has 1 unspecified atom stereocenters. The fourth-order valence-corrected chi connectivity index (χ4v) is 6.11. The van der Waals surface area contributed by atoms with Gasteiger partial charge >= 0.3 is 141 Å². The topological polar surface area (TPSA) is 4.93 Å². The van der Waals surface area contributed by atoms with Gasteiger partial charge in [0.2, 0.25) is 0 Å². The molecule has 1 atom stereocenters. The third kappa shape index (κ3) is 3.37. The number of nitrogens with zero attached hydrogens (tertiary/aromatic N) is 1. The van der Waals surface area contributed by atoms with Crippen molar-refractivity contribution in [3.8, 4) is 0 Å². The van der Waals surface area contributed by atoms with Gasteiger partial charge in [0.15, 0.2) is 0 Å². The molecule has 0 aliphatic heterocycles. The Morgan fingerprint density at radius 3 is 2.38 bits per heavy atom. The Labute approximate surface area is 165 Å². The summed E-state index contributed by atoms with van der Waals surface area (Å²) in [6, 6.07) is 13.1. The van der Waals surface area contributed by atoms with Crippen LogP contribution in [0.5, 0.6) is 0 Å². The zero-order chi connectivity index (χ0) is 15.1. The molecule has 0 radical (unpaired) electrons. The summed E-state index contributed by atoms with van der Waals surface area (Å²) in [6.45, 7) is 4.55. The summed E-state index contributed by atoms with van der Waals surface area (Å²) in [5, 5.41) is 0. The summed E-state index contributed by atoms with van der Waals surface area (Å²) in [5.74, 6) is 0. The third-order valence-electron chi connectivity index (χ3n) is 4.78. The Kier molecular flexibility index (Phi) is 6.39. The molecule has 1 aromatic carbocycles. The molecule has 2 aliphatic rings. The SMILES string of the molecule is CC1=CC[C]([Ti+2][CH]2C(n3cccc3)=Cc3ccccc32)=C1C.[Cl-].[Cl-]. The molecular weight excluding hydrogens is 373 g/mol. The first-order valence-corrected chi connectivity index (χ1v) is 9.49. The van der Waals surface area contributed by atoms with Crippen molar-refractivity contribution < 1.29 is 44.0 Å². The van der Waals surface area contributed by atoms with Crippen LogP contribution >= 0.6 is 0 Å². The minimum absolute atomic E-state index is 0. The van der Waals surface area contributed by atoms with E-state index < -0.39 is 0 Å². The smallest absolute Gasteiger partial charge is 1.00 e. The number of hydrogen-bond acceptors (Lipinski definition) is 0. The van der Waals surface area contributed by atoms with Gasteiger partial charge < -0.3 is 24.8 Å². The van der Waals surface area contributed by atoms with Crippen LogP contribution in [-0.2, 0) is 19.2 Å². The molecule has 24 heavy (non-hydrogen) atoms. The Morgan fingerprint density at radius 1 is 1.00 bits per heavy atom. The number of aromatic nitrogens is 1. The normalized spacial score (nSPS) is 18.2. The van der Waals surface area contributed by atoms with Gasteiger partial charge in [0.1, 0.15) is 0 Å². The van der Waals surface area contributed by atoms with Crippen molar-refractivity contribution in [2.24, 2.45) is 0 Å². The van der Waals surface area contributed by atoms with Crippen LogP contribution in [0.25, 0.3) is 11.8 Å². The fraction of sp³-hybridized carbons (Fsp3) is 0.200. The zero-order valence-electron chi connectivity index (χ0n) is 13.8. The summed E-state index contributed by atoms with van der Waals surface area (Å²) < 4.78 is 4.62. The minimum atomic E-state index is -0.207. The van der Waals surface area contributed by atoms with Crippen molar-refractivity contribution in [1.29, 1.82) is 0 Å². The number of halogens is 2. The van der Waals surface area contributed by atoms with Gasteiger partial charge in [-0.05, 0) is 0 Å².